The molecule has 3 N–H and O–H groups in total. The van der Waals surface area contributed by atoms with Gasteiger partial charge in [0.25, 0.3) is 0 Å². The minimum Gasteiger partial charge on any atom is -0.381 e. The zero-order valence-electron chi connectivity index (χ0n) is 8.16. The van der Waals surface area contributed by atoms with Crippen molar-refractivity contribution in [3.63, 3.8) is 0 Å². The molecule has 0 radical (unpaired) electrons. The van der Waals surface area contributed by atoms with E-state index in [-0.39, 0.29) is 5.91 Å². The SMILES string of the molecule is CC(=O)NCC#Cc1cn(C)nc1N. The van der Waals surface area contributed by atoms with Gasteiger partial charge in [0.15, 0.2) is 5.82 Å². The lowest BCUT2D eigenvalue weighted by atomic mass is 10.3. The van der Waals surface area contributed by atoms with Gasteiger partial charge in [-0.1, -0.05) is 11.8 Å². The van der Waals surface area contributed by atoms with Gasteiger partial charge in [-0.15, -0.1) is 0 Å². The van der Waals surface area contributed by atoms with Crippen molar-refractivity contribution in [3.8, 4) is 11.8 Å². The molecule has 0 unspecified atom stereocenters. The van der Waals surface area contributed by atoms with Gasteiger partial charge in [-0.05, 0) is 0 Å². The summed E-state index contributed by atoms with van der Waals surface area (Å²) in [7, 11) is 1.77. The lowest BCUT2D eigenvalue weighted by molar-refractivity contribution is -0.118. The van der Waals surface area contributed by atoms with Crippen LogP contribution in [0.2, 0.25) is 0 Å². The van der Waals surface area contributed by atoms with Crippen LogP contribution in [0.25, 0.3) is 0 Å². The number of aromatic nitrogens is 2. The molecule has 5 heteroatoms. The fourth-order valence-electron chi connectivity index (χ4n) is 0.910. The topological polar surface area (TPSA) is 72.9 Å². The van der Waals surface area contributed by atoms with Crippen LogP contribution in [0.3, 0.4) is 0 Å². The van der Waals surface area contributed by atoms with Gasteiger partial charge in [0.1, 0.15) is 0 Å². The number of anilines is 1. The van der Waals surface area contributed by atoms with E-state index in [1.54, 1.807) is 17.9 Å². The lowest BCUT2D eigenvalue weighted by Crippen LogP contribution is -2.19. The molecule has 74 valence electrons. The van der Waals surface area contributed by atoms with Crippen molar-refractivity contribution in [2.45, 2.75) is 6.92 Å². The van der Waals surface area contributed by atoms with E-state index in [4.69, 9.17) is 5.73 Å². The van der Waals surface area contributed by atoms with E-state index in [1.807, 2.05) is 0 Å². The van der Waals surface area contributed by atoms with Gasteiger partial charge in [-0.25, -0.2) is 0 Å². The molecule has 0 aliphatic rings. The number of nitrogens with two attached hydrogens (primary N) is 1. The zero-order valence-corrected chi connectivity index (χ0v) is 8.16. The van der Waals surface area contributed by atoms with Gasteiger partial charge in [-0.3, -0.25) is 9.48 Å². The maximum absolute atomic E-state index is 10.5. The van der Waals surface area contributed by atoms with Gasteiger partial charge in [-0.2, -0.15) is 5.10 Å². The first-order chi connectivity index (χ1) is 6.59. The molecule has 1 aromatic rings. The molecule has 1 heterocycles. The second kappa shape index (κ2) is 4.33. The molecule has 1 amide bonds. The minimum absolute atomic E-state index is 0.0986. The van der Waals surface area contributed by atoms with Gasteiger partial charge in [0, 0.05) is 20.2 Å². The average Bonchev–Trinajstić information content (AvgIpc) is 2.39. The van der Waals surface area contributed by atoms with Crippen LogP contribution in [-0.2, 0) is 11.8 Å². The van der Waals surface area contributed by atoms with Crippen molar-refractivity contribution < 1.29 is 4.79 Å². The molecule has 1 aromatic heterocycles. The molecule has 0 fully saturated rings. The molecule has 5 nitrogen and oxygen atoms in total. The molecule has 0 spiro atoms. The second-order valence-corrected chi connectivity index (χ2v) is 2.81. The number of nitrogen functional groups attached to an aromatic ring is 1. The van der Waals surface area contributed by atoms with Crippen LogP contribution in [0.5, 0.6) is 0 Å². The molecule has 14 heavy (non-hydrogen) atoms. The van der Waals surface area contributed by atoms with Crippen LogP contribution in [0.1, 0.15) is 12.5 Å². The molecule has 0 bridgehead atoms. The van der Waals surface area contributed by atoms with E-state index < -0.39 is 0 Å². The number of nitrogens with one attached hydrogen (secondary N) is 1. The fourth-order valence-corrected chi connectivity index (χ4v) is 0.910. The number of hydrogen-bond donors (Lipinski definition) is 2. The Bertz CT molecular complexity index is 397. The van der Waals surface area contributed by atoms with Crippen LogP contribution in [0, 0.1) is 11.8 Å². The Morgan fingerprint density at radius 1 is 1.79 bits per heavy atom. The summed E-state index contributed by atoms with van der Waals surface area (Å²) in [6, 6.07) is 0. The minimum atomic E-state index is -0.0986. The first kappa shape index (κ1) is 10.1. The van der Waals surface area contributed by atoms with E-state index in [1.165, 1.54) is 6.92 Å². The highest BCUT2D eigenvalue weighted by Gasteiger charge is 1.98. The summed E-state index contributed by atoms with van der Waals surface area (Å²) in [6.07, 6.45) is 1.73. The third kappa shape index (κ3) is 2.83. The first-order valence-electron chi connectivity index (χ1n) is 4.12. The fraction of sp³-hybridized carbons (Fsp3) is 0.333. The van der Waals surface area contributed by atoms with Gasteiger partial charge >= 0.3 is 0 Å². The number of amides is 1. The maximum Gasteiger partial charge on any atom is 0.217 e. The molecule has 0 aliphatic heterocycles. The van der Waals surface area contributed by atoms with Crippen LogP contribution < -0.4 is 11.1 Å². The summed E-state index contributed by atoms with van der Waals surface area (Å²) >= 11 is 0. The normalized spacial score (nSPS) is 9.00. The number of hydrogen-bond acceptors (Lipinski definition) is 3. The Morgan fingerprint density at radius 2 is 2.50 bits per heavy atom. The summed E-state index contributed by atoms with van der Waals surface area (Å²) in [5, 5.41) is 6.49. The van der Waals surface area contributed by atoms with Crippen molar-refractivity contribution in [2.75, 3.05) is 12.3 Å². The largest absolute Gasteiger partial charge is 0.381 e. The molecule has 0 saturated heterocycles. The number of carbonyl (C=O) groups excluding carboxylic acids is 1. The second-order valence-electron chi connectivity index (χ2n) is 2.81. The third-order valence-electron chi connectivity index (χ3n) is 1.51. The molecule has 1 rings (SSSR count). The molecule has 0 atom stereocenters. The van der Waals surface area contributed by atoms with Gasteiger partial charge < -0.3 is 11.1 Å². The van der Waals surface area contributed by atoms with Crippen LogP contribution in [0.15, 0.2) is 6.20 Å². The Hall–Kier alpha value is -1.96. The van der Waals surface area contributed by atoms with Gasteiger partial charge in [0.05, 0.1) is 12.1 Å². The van der Waals surface area contributed by atoms with Crippen molar-refractivity contribution in [2.24, 2.45) is 7.05 Å². The smallest absolute Gasteiger partial charge is 0.217 e. The number of carbonyl (C=O) groups is 1. The van der Waals surface area contributed by atoms with Crippen LogP contribution in [0.4, 0.5) is 5.82 Å². The Labute approximate surface area is 82.3 Å². The number of aryl methyl sites for hydroxylation is 1. The van der Waals surface area contributed by atoms with Crippen LogP contribution >= 0.6 is 0 Å². The van der Waals surface area contributed by atoms with E-state index in [2.05, 4.69) is 22.3 Å². The Kier molecular flexibility index (Phi) is 3.13. The summed E-state index contributed by atoms with van der Waals surface area (Å²) in [5.74, 6) is 5.89. The summed E-state index contributed by atoms with van der Waals surface area (Å²) in [4.78, 5) is 10.5. The summed E-state index contributed by atoms with van der Waals surface area (Å²) < 4.78 is 1.59. The Morgan fingerprint density at radius 3 is 3.00 bits per heavy atom. The van der Waals surface area contributed by atoms with Crippen molar-refractivity contribution in [1.82, 2.24) is 15.1 Å². The molecular formula is C9H12N4O. The van der Waals surface area contributed by atoms with Crippen LogP contribution in [-0.4, -0.2) is 22.2 Å². The van der Waals surface area contributed by atoms with Crippen molar-refractivity contribution >= 4 is 11.7 Å². The monoisotopic (exact) mass is 192 g/mol. The summed E-state index contributed by atoms with van der Waals surface area (Å²) in [5.41, 5.74) is 6.24. The molecular weight excluding hydrogens is 180 g/mol. The van der Waals surface area contributed by atoms with E-state index >= 15 is 0 Å². The van der Waals surface area contributed by atoms with E-state index in [9.17, 15) is 4.79 Å². The third-order valence-corrected chi connectivity index (χ3v) is 1.51. The molecule has 0 aromatic carbocycles. The molecule has 0 saturated carbocycles. The Balaban J connectivity index is 2.59. The predicted octanol–water partition coefficient (Wildman–Crippen LogP) is -0.510. The van der Waals surface area contributed by atoms with Crippen molar-refractivity contribution in [3.05, 3.63) is 11.8 Å². The van der Waals surface area contributed by atoms with E-state index in [0.717, 1.165) is 0 Å². The lowest BCUT2D eigenvalue weighted by Gasteiger charge is -1.90. The molecule has 0 aliphatic carbocycles. The predicted molar refractivity (Wildman–Crippen MR) is 53.2 cm³/mol. The number of rotatable bonds is 1. The average molecular weight is 192 g/mol. The number of nitrogens with zero attached hydrogens (tertiary/aromatic N) is 2. The standard InChI is InChI=1S/C9H12N4O/c1-7(14)11-5-3-4-8-6-13(2)12-9(8)10/h6H,5H2,1-2H3,(H2,10,12)(H,11,14). The highest BCUT2D eigenvalue weighted by Crippen LogP contribution is 2.04. The quantitative estimate of drug-likeness (QED) is 0.588. The zero-order chi connectivity index (χ0) is 10.6. The first-order valence-corrected chi connectivity index (χ1v) is 4.12. The highest BCUT2D eigenvalue weighted by molar-refractivity contribution is 5.73. The highest BCUT2D eigenvalue weighted by atomic mass is 16.1. The maximum atomic E-state index is 10.5. The van der Waals surface area contributed by atoms with Crippen molar-refractivity contribution in [1.29, 1.82) is 0 Å². The van der Waals surface area contributed by atoms with Gasteiger partial charge in [0.2, 0.25) is 5.91 Å². The van der Waals surface area contributed by atoms with E-state index in [0.29, 0.717) is 17.9 Å². The summed E-state index contributed by atoms with van der Waals surface area (Å²) in [6.45, 7) is 1.77.